The zero-order valence-electron chi connectivity index (χ0n) is 18.0. The fraction of sp³-hybridized carbons (Fsp3) is 0.208. The minimum atomic E-state index is -0.769. The molecule has 0 radical (unpaired) electrons. The van der Waals surface area contributed by atoms with Crippen LogP contribution in [-0.4, -0.2) is 25.1 Å². The first-order valence-corrected chi connectivity index (χ1v) is 10.9. The Kier molecular flexibility index (Phi) is 4.74. The van der Waals surface area contributed by atoms with Gasteiger partial charge in [0.25, 0.3) is 5.91 Å². The van der Waals surface area contributed by atoms with Crippen molar-refractivity contribution in [2.24, 2.45) is 0 Å². The number of fused-ring (bicyclic) bond motifs is 2. The SMILES string of the molecule is COc1cccc([C@@H]2c3c(oc4ccc(C)cc4c3=O)C(=O)N2c2nc(C)cs2)c1OC. The van der Waals surface area contributed by atoms with Crippen LogP contribution < -0.4 is 19.8 Å². The van der Waals surface area contributed by atoms with Gasteiger partial charge in [0, 0.05) is 10.9 Å². The molecular weight excluding hydrogens is 428 g/mol. The summed E-state index contributed by atoms with van der Waals surface area (Å²) in [6.45, 7) is 3.76. The maximum absolute atomic E-state index is 13.7. The average Bonchev–Trinajstić information content (AvgIpc) is 3.34. The third-order valence-electron chi connectivity index (χ3n) is 5.57. The maximum Gasteiger partial charge on any atom is 0.297 e. The second kappa shape index (κ2) is 7.49. The molecule has 3 heterocycles. The molecule has 8 heteroatoms. The molecule has 1 aliphatic heterocycles. The number of rotatable bonds is 4. The molecule has 1 aliphatic rings. The number of amides is 1. The zero-order chi connectivity index (χ0) is 22.6. The van der Waals surface area contributed by atoms with Gasteiger partial charge in [0.1, 0.15) is 11.6 Å². The third kappa shape index (κ3) is 2.90. The highest BCUT2D eigenvalue weighted by atomic mass is 32.1. The summed E-state index contributed by atoms with van der Waals surface area (Å²) in [4.78, 5) is 33.3. The number of nitrogens with zero attached hydrogens (tertiary/aromatic N) is 2. The molecule has 1 amide bonds. The number of para-hydroxylation sites is 1. The Morgan fingerprint density at radius 2 is 1.91 bits per heavy atom. The molecule has 0 fully saturated rings. The van der Waals surface area contributed by atoms with Crippen LogP contribution in [-0.2, 0) is 0 Å². The first-order valence-electron chi connectivity index (χ1n) is 9.98. The first kappa shape index (κ1) is 20.3. The van der Waals surface area contributed by atoms with E-state index in [1.54, 1.807) is 31.4 Å². The summed E-state index contributed by atoms with van der Waals surface area (Å²) in [5.74, 6) is 0.558. The van der Waals surface area contributed by atoms with Crippen LogP contribution >= 0.6 is 11.3 Å². The fourth-order valence-electron chi connectivity index (χ4n) is 4.16. The topological polar surface area (TPSA) is 81.9 Å². The van der Waals surface area contributed by atoms with Crippen LogP contribution in [0.5, 0.6) is 11.5 Å². The Hall–Kier alpha value is -3.65. The Bertz CT molecular complexity index is 1440. The summed E-state index contributed by atoms with van der Waals surface area (Å²) in [6, 6.07) is 9.97. The van der Waals surface area contributed by atoms with Crippen LogP contribution in [0.25, 0.3) is 11.0 Å². The van der Waals surface area contributed by atoms with Gasteiger partial charge < -0.3 is 13.9 Å². The molecule has 2 aromatic carbocycles. The molecule has 0 saturated heterocycles. The van der Waals surface area contributed by atoms with E-state index in [-0.39, 0.29) is 16.8 Å². The normalized spacial score (nSPS) is 15.3. The number of carbonyl (C=O) groups excluding carboxylic acids is 1. The van der Waals surface area contributed by atoms with Gasteiger partial charge in [-0.1, -0.05) is 23.8 Å². The van der Waals surface area contributed by atoms with E-state index in [1.165, 1.54) is 23.3 Å². The molecule has 0 unspecified atom stereocenters. The quantitative estimate of drug-likeness (QED) is 0.453. The predicted molar refractivity (Wildman–Crippen MR) is 122 cm³/mol. The van der Waals surface area contributed by atoms with E-state index < -0.39 is 11.9 Å². The highest BCUT2D eigenvalue weighted by molar-refractivity contribution is 7.14. The van der Waals surface area contributed by atoms with E-state index in [0.29, 0.717) is 33.2 Å². The van der Waals surface area contributed by atoms with Crippen molar-refractivity contribution < 1.29 is 18.7 Å². The van der Waals surface area contributed by atoms with Gasteiger partial charge in [-0.2, -0.15) is 0 Å². The van der Waals surface area contributed by atoms with Crippen molar-refractivity contribution in [3.05, 3.63) is 80.1 Å². The molecule has 0 bridgehead atoms. The molecule has 1 atom stereocenters. The van der Waals surface area contributed by atoms with E-state index in [9.17, 15) is 9.59 Å². The Morgan fingerprint density at radius 3 is 2.59 bits per heavy atom. The number of thiazole rings is 1. The smallest absolute Gasteiger partial charge is 0.297 e. The van der Waals surface area contributed by atoms with E-state index in [2.05, 4.69) is 4.98 Å². The van der Waals surface area contributed by atoms with Crippen molar-refractivity contribution >= 4 is 33.3 Å². The summed E-state index contributed by atoms with van der Waals surface area (Å²) < 4.78 is 17.1. The monoisotopic (exact) mass is 448 g/mol. The van der Waals surface area contributed by atoms with Crippen molar-refractivity contribution in [3.63, 3.8) is 0 Å². The highest BCUT2D eigenvalue weighted by Gasteiger charge is 2.46. The Morgan fingerprint density at radius 1 is 1.09 bits per heavy atom. The summed E-state index contributed by atoms with van der Waals surface area (Å²) in [5, 5.41) is 2.77. The lowest BCUT2D eigenvalue weighted by Crippen LogP contribution is -2.29. The number of hydrogen-bond acceptors (Lipinski definition) is 7. The number of ether oxygens (including phenoxy) is 2. The van der Waals surface area contributed by atoms with Gasteiger partial charge in [-0.3, -0.25) is 14.5 Å². The van der Waals surface area contributed by atoms with Crippen molar-refractivity contribution in [2.75, 3.05) is 19.1 Å². The van der Waals surface area contributed by atoms with Gasteiger partial charge in [-0.05, 0) is 32.0 Å². The van der Waals surface area contributed by atoms with Gasteiger partial charge in [0.15, 0.2) is 22.1 Å². The van der Waals surface area contributed by atoms with Crippen LogP contribution in [0.3, 0.4) is 0 Å². The van der Waals surface area contributed by atoms with Crippen LogP contribution in [0.2, 0.25) is 0 Å². The molecule has 32 heavy (non-hydrogen) atoms. The van der Waals surface area contributed by atoms with Gasteiger partial charge in [0.05, 0.1) is 30.9 Å². The van der Waals surface area contributed by atoms with E-state index in [1.807, 2.05) is 31.4 Å². The number of anilines is 1. The van der Waals surface area contributed by atoms with E-state index in [0.717, 1.165) is 11.3 Å². The molecule has 0 aliphatic carbocycles. The van der Waals surface area contributed by atoms with Crippen molar-refractivity contribution in [1.82, 2.24) is 4.98 Å². The van der Waals surface area contributed by atoms with Crippen LogP contribution in [0.1, 0.15) is 39.0 Å². The van der Waals surface area contributed by atoms with Crippen LogP contribution in [0.15, 0.2) is 51.0 Å². The lowest BCUT2D eigenvalue weighted by Gasteiger charge is -2.24. The number of methoxy groups -OCH3 is 2. The minimum absolute atomic E-state index is 0.0223. The maximum atomic E-state index is 13.7. The Labute approximate surface area is 187 Å². The molecule has 0 spiro atoms. The van der Waals surface area contributed by atoms with Gasteiger partial charge in [0.2, 0.25) is 5.76 Å². The largest absolute Gasteiger partial charge is 0.493 e. The summed E-state index contributed by atoms with van der Waals surface area (Å²) in [6.07, 6.45) is 0. The van der Waals surface area contributed by atoms with Crippen molar-refractivity contribution in [3.8, 4) is 11.5 Å². The molecular formula is C24H20N2O5S. The summed E-state index contributed by atoms with van der Waals surface area (Å²) in [7, 11) is 3.07. The molecule has 0 saturated carbocycles. The van der Waals surface area contributed by atoms with Crippen molar-refractivity contribution in [2.45, 2.75) is 19.9 Å². The third-order valence-corrected chi connectivity index (χ3v) is 6.52. The molecule has 2 aromatic heterocycles. The highest BCUT2D eigenvalue weighted by Crippen LogP contribution is 2.46. The number of aryl methyl sites for hydroxylation is 2. The van der Waals surface area contributed by atoms with Gasteiger partial charge >= 0.3 is 0 Å². The number of hydrogen-bond donors (Lipinski definition) is 0. The molecule has 5 rings (SSSR count). The number of benzene rings is 2. The second-order valence-corrected chi connectivity index (χ2v) is 8.44. The average molecular weight is 449 g/mol. The van der Waals surface area contributed by atoms with E-state index in [4.69, 9.17) is 13.9 Å². The standard InChI is InChI=1S/C24H20N2O5S/c1-12-8-9-16-15(10-12)20(27)18-19(14-6-5-7-17(29-3)21(14)30-4)26(23(28)22(18)31-16)24-25-13(2)11-32-24/h5-11,19H,1-4H3/t19-/m1/s1. The van der Waals surface area contributed by atoms with Crippen LogP contribution in [0.4, 0.5) is 5.13 Å². The summed E-state index contributed by atoms with van der Waals surface area (Å²) in [5.41, 5.74) is 2.73. The molecule has 0 N–H and O–H groups in total. The van der Waals surface area contributed by atoms with E-state index >= 15 is 0 Å². The van der Waals surface area contributed by atoms with Crippen LogP contribution in [0, 0.1) is 13.8 Å². The summed E-state index contributed by atoms with van der Waals surface area (Å²) >= 11 is 1.33. The first-order chi connectivity index (χ1) is 15.4. The number of carbonyl (C=O) groups is 1. The lowest BCUT2D eigenvalue weighted by molar-refractivity contribution is 0.0970. The predicted octanol–water partition coefficient (Wildman–Crippen LogP) is 4.63. The molecule has 7 nitrogen and oxygen atoms in total. The van der Waals surface area contributed by atoms with Crippen molar-refractivity contribution in [1.29, 1.82) is 0 Å². The molecule has 162 valence electrons. The van der Waals surface area contributed by atoms with Gasteiger partial charge in [-0.25, -0.2) is 4.98 Å². The Balaban J connectivity index is 1.86. The number of aromatic nitrogens is 1. The van der Waals surface area contributed by atoms with Gasteiger partial charge in [-0.15, -0.1) is 11.3 Å². The molecule has 4 aromatic rings. The second-order valence-electron chi connectivity index (χ2n) is 7.61. The fourth-order valence-corrected chi connectivity index (χ4v) is 4.99. The lowest BCUT2D eigenvalue weighted by atomic mass is 9.97. The zero-order valence-corrected chi connectivity index (χ0v) is 18.8. The minimum Gasteiger partial charge on any atom is -0.493 e.